The van der Waals surface area contributed by atoms with Crippen molar-refractivity contribution in [3.8, 4) is 5.75 Å². The van der Waals surface area contributed by atoms with Gasteiger partial charge in [-0.25, -0.2) is 0 Å². The normalized spacial score (nSPS) is 10.4. The molecular weight excluding hydrogens is 367 g/mol. The number of benzene rings is 2. The first kappa shape index (κ1) is 18.5. The fourth-order valence-corrected chi connectivity index (χ4v) is 2.66. The number of hydrogen-bond donors (Lipinski definition) is 2. The molecule has 0 aliphatic heterocycles. The number of amides is 1. The van der Waals surface area contributed by atoms with Crippen molar-refractivity contribution in [2.24, 2.45) is 0 Å². The van der Waals surface area contributed by atoms with Crippen LogP contribution in [0.15, 0.2) is 42.5 Å². The van der Waals surface area contributed by atoms with Crippen molar-refractivity contribution in [2.75, 3.05) is 5.32 Å². The molecule has 0 fully saturated rings. The highest BCUT2D eigenvalue weighted by Crippen LogP contribution is 2.22. The quantitative estimate of drug-likeness (QED) is 0.737. The largest absolute Gasteiger partial charge is 0.491 e. The Hall–Kier alpha value is -1.82. The summed E-state index contributed by atoms with van der Waals surface area (Å²) in [6, 6.07) is 11.7. The summed E-state index contributed by atoms with van der Waals surface area (Å²) >= 11 is 17.0. The minimum absolute atomic E-state index is 0.0750. The number of nitrogens with one attached hydrogen (secondary N) is 2. The van der Waals surface area contributed by atoms with Gasteiger partial charge in [-0.1, -0.05) is 23.2 Å². The summed E-state index contributed by atoms with van der Waals surface area (Å²) in [5, 5.41) is 6.56. The molecule has 2 aromatic rings. The number of carbonyl (C=O) groups is 1. The molecule has 2 aromatic carbocycles. The molecule has 0 aliphatic carbocycles. The summed E-state index contributed by atoms with van der Waals surface area (Å²) in [4.78, 5) is 12.2. The monoisotopic (exact) mass is 382 g/mol. The smallest absolute Gasteiger partial charge is 0.257 e. The fraction of sp³-hybridized carbons (Fsp3) is 0.176. The number of rotatable bonds is 4. The molecule has 0 saturated heterocycles. The first-order chi connectivity index (χ1) is 11.3. The van der Waals surface area contributed by atoms with Crippen LogP contribution in [0.5, 0.6) is 5.75 Å². The van der Waals surface area contributed by atoms with Crippen molar-refractivity contribution in [1.29, 1.82) is 0 Å². The van der Waals surface area contributed by atoms with Gasteiger partial charge in [0.2, 0.25) is 0 Å². The maximum atomic E-state index is 12.2. The second kappa shape index (κ2) is 8.33. The van der Waals surface area contributed by atoms with Crippen molar-refractivity contribution in [2.45, 2.75) is 20.0 Å². The molecule has 0 aliphatic rings. The van der Waals surface area contributed by atoms with Gasteiger partial charge in [-0.15, -0.1) is 0 Å². The summed E-state index contributed by atoms with van der Waals surface area (Å²) in [6.45, 7) is 3.87. The molecule has 1 amide bonds. The van der Waals surface area contributed by atoms with E-state index in [2.05, 4.69) is 10.6 Å². The third kappa shape index (κ3) is 5.67. The van der Waals surface area contributed by atoms with Gasteiger partial charge in [0.05, 0.1) is 6.10 Å². The number of anilines is 1. The van der Waals surface area contributed by atoms with Crippen molar-refractivity contribution in [3.63, 3.8) is 0 Å². The van der Waals surface area contributed by atoms with Gasteiger partial charge in [0, 0.05) is 21.3 Å². The van der Waals surface area contributed by atoms with Crippen LogP contribution in [0.2, 0.25) is 10.0 Å². The third-order valence-corrected chi connectivity index (χ3v) is 3.48. The Kier molecular flexibility index (Phi) is 6.43. The lowest BCUT2D eigenvalue weighted by Gasteiger charge is -2.12. The number of hydrogen-bond acceptors (Lipinski definition) is 3. The summed E-state index contributed by atoms with van der Waals surface area (Å²) in [5.74, 6) is 0.382. The second-order valence-electron chi connectivity index (χ2n) is 5.26. The van der Waals surface area contributed by atoms with E-state index in [1.165, 1.54) is 0 Å². The highest BCUT2D eigenvalue weighted by Gasteiger charge is 2.09. The van der Waals surface area contributed by atoms with Gasteiger partial charge < -0.3 is 10.1 Å². The molecule has 0 heterocycles. The Morgan fingerprint density at radius 2 is 1.67 bits per heavy atom. The second-order valence-corrected chi connectivity index (χ2v) is 6.54. The zero-order valence-corrected chi connectivity index (χ0v) is 15.4. The average Bonchev–Trinajstić information content (AvgIpc) is 2.45. The Morgan fingerprint density at radius 1 is 1.08 bits per heavy atom. The maximum Gasteiger partial charge on any atom is 0.257 e. The van der Waals surface area contributed by atoms with E-state index in [1.807, 2.05) is 13.8 Å². The van der Waals surface area contributed by atoms with E-state index in [4.69, 9.17) is 40.2 Å². The zero-order valence-electron chi connectivity index (χ0n) is 13.1. The Bertz CT molecular complexity index is 729. The van der Waals surface area contributed by atoms with E-state index in [-0.39, 0.29) is 17.1 Å². The average molecular weight is 383 g/mol. The van der Waals surface area contributed by atoms with Gasteiger partial charge in [-0.05, 0) is 68.5 Å². The van der Waals surface area contributed by atoms with Crippen LogP contribution in [0, 0.1) is 0 Å². The first-order valence-corrected chi connectivity index (χ1v) is 8.35. The van der Waals surface area contributed by atoms with Crippen LogP contribution >= 0.6 is 35.4 Å². The van der Waals surface area contributed by atoms with Gasteiger partial charge in [-0.2, -0.15) is 0 Å². The topological polar surface area (TPSA) is 50.4 Å². The van der Waals surface area contributed by atoms with Crippen molar-refractivity contribution >= 4 is 52.1 Å². The molecule has 24 heavy (non-hydrogen) atoms. The lowest BCUT2D eigenvalue weighted by molar-refractivity contribution is 0.0977. The third-order valence-electron chi connectivity index (χ3n) is 2.84. The number of ether oxygens (including phenoxy) is 1. The molecule has 7 heteroatoms. The SMILES string of the molecule is CC(C)Oc1ccc(C(=O)NC(=S)Nc2cc(Cl)cc(Cl)c2)cc1. The van der Waals surface area contributed by atoms with E-state index >= 15 is 0 Å². The molecule has 0 bridgehead atoms. The molecule has 0 atom stereocenters. The van der Waals surface area contributed by atoms with Crippen LogP contribution in [0.4, 0.5) is 5.69 Å². The highest BCUT2D eigenvalue weighted by atomic mass is 35.5. The molecule has 0 aromatic heterocycles. The predicted molar refractivity (Wildman–Crippen MR) is 102 cm³/mol. The summed E-state index contributed by atoms with van der Waals surface area (Å²) in [7, 11) is 0. The Balaban J connectivity index is 1.97. The van der Waals surface area contributed by atoms with E-state index in [0.717, 1.165) is 0 Å². The van der Waals surface area contributed by atoms with Crippen molar-refractivity contribution in [3.05, 3.63) is 58.1 Å². The van der Waals surface area contributed by atoms with Crippen LogP contribution in [0.3, 0.4) is 0 Å². The molecule has 0 saturated carbocycles. The van der Waals surface area contributed by atoms with Gasteiger partial charge in [0.25, 0.3) is 5.91 Å². The fourth-order valence-electron chi connectivity index (χ4n) is 1.92. The Labute approximate surface area is 156 Å². The van der Waals surface area contributed by atoms with E-state index in [9.17, 15) is 4.79 Å². The molecule has 0 radical (unpaired) electrons. The van der Waals surface area contributed by atoms with E-state index in [1.54, 1.807) is 42.5 Å². The number of thiocarbonyl (C=S) groups is 1. The van der Waals surface area contributed by atoms with E-state index in [0.29, 0.717) is 27.0 Å². The van der Waals surface area contributed by atoms with Crippen LogP contribution < -0.4 is 15.4 Å². The molecule has 0 spiro atoms. The maximum absolute atomic E-state index is 12.2. The molecule has 0 unspecified atom stereocenters. The van der Waals surface area contributed by atoms with Gasteiger partial charge in [0.1, 0.15) is 5.75 Å². The van der Waals surface area contributed by atoms with Crippen molar-refractivity contribution in [1.82, 2.24) is 5.32 Å². The summed E-state index contributed by atoms with van der Waals surface area (Å²) < 4.78 is 5.54. The minimum Gasteiger partial charge on any atom is -0.491 e. The van der Waals surface area contributed by atoms with Gasteiger partial charge >= 0.3 is 0 Å². The molecule has 4 nitrogen and oxygen atoms in total. The predicted octanol–water partition coefficient (Wildman–Crippen LogP) is 4.91. The molecular formula is C17H16Cl2N2O2S. The summed E-state index contributed by atoms with van der Waals surface area (Å²) in [6.07, 6.45) is 0.0750. The zero-order chi connectivity index (χ0) is 17.7. The molecule has 2 rings (SSSR count). The van der Waals surface area contributed by atoms with Crippen LogP contribution in [-0.2, 0) is 0 Å². The minimum atomic E-state index is -0.322. The Morgan fingerprint density at radius 3 is 2.21 bits per heavy atom. The number of carbonyl (C=O) groups excluding carboxylic acids is 1. The van der Waals surface area contributed by atoms with Crippen LogP contribution in [0.1, 0.15) is 24.2 Å². The lowest BCUT2D eigenvalue weighted by Crippen LogP contribution is -2.34. The standard InChI is InChI=1S/C17H16Cl2N2O2S/c1-10(2)23-15-5-3-11(4-6-15)16(22)21-17(24)20-14-8-12(18)7-13(19)9-14/h3-10H,1-2H3,(H2,20,21,22,24). The van der Waals surface area contributed by atoms with Gasteiger partial charge in [-0.3, -0.25) is 10.1 Å². The van der Waals surface area contributed by atoms with Gasteiger partial charge in [0.15, 0.2) is 5.11 Å². The first-order valence-electron chi connectivity index (χ1n) is 7.18. The summed E-state index contributed by atoms with van der Waals surface area (Å²) in [5.41, 5.74) is 1.07. The highest BCUT2D eigenvalue weighted by molar-refractivity contribution is 7.80. The van der Waals surface area contributed by atoms with Crippen LogP contribution in [0.25, 0.3) is 0 Å². The van der Waals surface area contributed by atoms with Crippen molar-refractivity contribution < 1.29 is 9.53 Å². The molecule has 126 valence electrons. The lowest BCUT2D eigenvalue weighted by atomic mass is 10.2. The van der Waals surface area contributed by atoms with Crippen LogP contribution in [-0.4, -0.2) is 17.1 Å². The molecule has 2 N–H and O–H groups in total. The number of halogens is 2. The van der Waals surface area contributed by atoms with E-state index < -0.39 is 0 Å².